The molecule has 2 heterocycles. The van der Waals surface area contributed by atoms with Gasteiger partial charge in [0.15, 0.2) is 0 Å². The minimum Gasteiger partial charge on any atom is -0.381 e. The van der Waals surface area contributed by atoms with Gasteiger partial charge in [-0.1, -0.05) is 0 Å². The van der Waals surface area contributed by atoms with Crippen LogP contribution in [0.1, 0.15) is 54.8 Å². The third-order valence-corrected chi connectivity index (χ3v) is 5.94. The number of aromatic nitrogens is 2. The number of H-pyrrole nitrogens is 1. The van der Waals surface area contributed by atoms with Crippen molar-refractivity contribution < 1.29 is 13.9 Å². The predicted molar refractivity (Wildman–Crippen MR) is 120 cm³/mol. The maximum atomic E-state index is 13.2. The molecule has 0 spiro atoms. The van der Waals surface area contributed by atoms with E-state index in [-0.39, 0.29) is 29.9 Å². The second kappa shape index (κ2) is 9.03. The summed E-state index contributed by atoms with van der Waals surface area (Å²) in [6, 6.07) is 8.12. The average molecular weight is 426 g/mol. The van der Waals surface area contributed by atoms with E-state index < -0.39 is 0 Å². The molecule has 1 aliphatic carbocycles. The lowest BCUT2D eigenvalue weighted by Gasteiger charge is -2.28. The molecule has 4 rings (SSSR count). The Morgan fingerprint density at radius 1 is 1.26 bits per heavy atom. The predicted octanol–water partition coefficient (Wildman–Crippen LogP) is 4.34. The molecule has 3 aromatic rings. The molecule has 164 valence electrons. The summed E-state index contributed by atoms with van der Waals surface area (Å²) >= 11 is 0. The summed E-state index contributed by atoms with van der Waals surface area (Å²) in [4.78, 5) is 20.9. The number of nitrogens with one attached hydrogen (secondary N) is 3. The molecule has 1 unspecified atom stereocenters. The third-order valence-electron chi connectivity index (χ3n) is 5.94. The first-order valence-corrected chi connectivity index (χ1v) is 10.6. The van der Waals surface area contributed by atoms with Crippen LogP contribution in [-0.4, -0.2) is 35.1 Å². The summed E-state index contributed by atoms with van der Waals surface area (Å²) in [6.45, 7) is 1.95. The van der Waals surface area contributed by atoms with Crippen LogP contribution in [0.2, 0.25) is 0 Å². The highest BCUT2D eigenvalue weighted by Crippen LogP contribution is 2.32. The quantitative estimate of drug-likeness (QED) is 0.470. The molecule has 8 heteroatoms. The largest absolute Gasteiger partial charge is 0.381 e. The smallest absolute Gasteiger partial charge is 0.259 e. The van der Waals surface area contributed by atoms with Crippen LogP contribution in [0.3, 0.4) is 0 Å². The second-order valence-corrected chi connectivity index (χ2v) is 8.13. The number of anilines is 2. The van der Waals surface area contributed by atoms with E-state index >= 15 is 0 Å². The number of carbonyl (C=O) groups excluding carboxylic acids is 1. The van der Waals surface area contributed by atoms with Crippen LogP contribution in [0.25, 0.3) is 11.0 Å². The number of carbonyl (C=O) groups is 1. The highest BCUT2D eigenvalue weighted by atomic mass is 19.1. The van der Waals surface area contributed by atoms with Gasteiger partial charge in [-0.2, -0.15) is 0 Å². The van der Waals surface area contributed by atoms with E-state index in [0.717, 1.165) is 42.5 Å². The van der Waals surface area contributed by atoms with E-state index in [1.165, 1.54) is 24.3 Å². The number of nitrogens with zero attached hydrogens (tertiary/aromatic N) is 1. The molecule has 7 nitrogen and oxygen atoms in total. The number of ether oxygens (including phenoxy) is 1. The molecule has 1 fully saturated rings. The van der Waals surface area contributed by atoms with Gasteiger partial charge in [-0.05, 0) is 62.9 Å². The molecule has 1 amide bonds. The molecule has 1 saturated carbocycles. The highest BCUT2D eigenvalue weighted by Gasteiger charge is 2.24. The van der Waals surface area contributed by atoms with Gasteiger partial charge in [0.1, 0.15) is 11.5 Å². The summed E-state index contributed by atoms with van der Waals surface area (Å²) in [5.74, 6) is -0.662. The number of hydrogen-bond donors (Lipinski definition) is 4. The summed E-state index contributed by atoms with van der Waals surface area (Å²) in [7, 11) is 1.65. The van der Waals surface area contributed by atoms with Crippen LogP contribution in [0.4, 0.5) is 15.8 Å². The van der Waals surface area contributed by atoms with Crippen molar-refractivity contribution in [3.63, 3.8) is 0 Å². The molecule has 31 heavy (non-hydrogen) atoms. The number of nitrogens with two attached hydrogens (primary N) is 1. The van der Waals surface area contributed by atoms with Crippen molar-refractivity contribution in [2.75, 3.05) is 17.7 Å². The SMILES string of the molecule is COC(C)c1cc2c(N[C@H]3CC[C@H](N)CC3)c(C(=O)Nc3ccc(F)cc3)cnc2[nH]1. The average Bonchev–Trinajstić information content (AvgIpc) is 3.21. The third kappa shape index (κ3) is 4.70. The Balaban J connectivity index is 1.70. The Morgan fingerprint density at radius 2 is 1.97 bits per heavy atom. The number of aromatic amines is 1. The van der Waals surface area contributed by atoms with Gasteiger partial charge in [0.25, 0.3) is 5.91 Å². The van der Waals surface area contributed by atoms with Crippen molar-refractivity contribution in [3.8, 4) is 0 Å². The molecule has 0 radical (unpaired) electrons. The Kier molecular flexibility index (Phi) is 6.20. The van der Waals surface area contributed by atoms with E-state index in [9.17, 15) is 9.18 Å². The molecule has 1 aliphatic rings. The van der Waals surface area contributed by atoms with Gasteiger partial charge in [0.05, 0.1) is 17.4 Å². The molecule has 0 bridgehead atoms. The maximum absolute atomic E-state index is 13.2. The zero-order valence-electron chi connectivity index (χ0n) is 17.7. The van der Waals surface area contributed by atoms with Gasteiger partial charge < -0.3 is 26.1 Å². The first kappa shape index (κ1) is 21.3. The maximum Gasteiger partial charge on any atom is 0.259 e. The molecule has 0 saturated heterocycles. The zero-order valence-corrected chi connectivity index (χ0v) is 17.7. The summed E-state index contributed by atoms with van der Waals surface area (Å²) in [5.41, 5.74) is 9.31. The fraction of sp³-hybridized carbons (Fsp3) is 0.391. The van der Waals surface area contributed by atoms with Crippen LogP contribution in [0, 0.1) is 5.82 Å². The van der Waals surface area contributed by atoms with Crippen molar-refractivity contribution in [1.82, 2.24) is 9.97 Å². The lowest BCUT2D eigenvalue weighted by molar-refractivity contribution is 0.102. The van der Waals surface area contributed by atoms with Crippen LogP contribution in [-0.2, 0) is 4.74 Å². The van der Waals surface area contributed by atoms with E-state index in [2.05, 4.69) is 20.6 Å². The van der Waals surface area contributed by atoms with Gasteiger partial charge in [0, 0.05) is 42.2 Å². The highest BCUT2D eigenvalue weighted by molar-refractivity contribution is 6.12. The molecular formula is C23H28FN5O2. The normalized spacial score (nSPS) is 19.9. The fourth-order valence-electron chi connectivity index (χ4n) is 3.97. The van der Waals surface area contributed by atoms with Crippen molar-refractivity contribution >= 4 is 28.3 Å². The fourth-order valence-corrected chi connectivity index (χ4v) is 3.97. The van der Waals surface area contributed by atoms with Gasteiger partial charge >= 0.3 is 0 Å². The first-order valence-electron chi connectivity index (χ1n) is 10.6. The number of halogens is 1. The van der Waals surface area contributed by atoms with Crippen LogP contribution in [0.15, 0.2) is 36.5 Å². The second-order valence-electron chi connectivity index (χ2n) is 8.13. The lowest BCUT2D eigenvalue weighted by atomic mass is 9.91. The van der Waals surface area contributed by atoms with Crippen LogP contribution >= 0.6 is 0 Å². The summed E-state index contributed by atoms with van der Waals surface area (Å²) in [6.07, 6.45) is 5.21. The minimum absolute atomic E-state index is 0.133. The van der Waals surface area contributed by atoms with E-state index in [0.29, 0.717) is 16.9 Å². The van der Waals surface area contributed by atoms with Crippen molar-refractivity contribution in [3.05, 3.63) is 53.6 Å². The standard InChI is InChI=1S/C23H28FN5O2/c1-13(31-2)20-11-18-21(27-16-9-5-15(25)6-10-16)19(12-26-22(18)29-20)23(30)28-17-7-3-14(24)4-8-17/h3-4,7-8,11-13,15-16H,5-6,9-10,25H2,1-2H3,(H,28,30)(H2,26,27,29)/t13?,15-,16-. The topological polar surface area (TPSA) is 105 Å². The Bertz CT molecular complexity index is 1060. The number of methoxy groups -OCH3 is 1. The number of pyridine rings is 1. The first-order chi connectivity index (χ1) is 14.9. The number of amides is 1. The number of benzene rings is 1. The van der Waals surface area contributed by atoms with Gasteiger partial charge in [-0.25, -0.2) is 9.37 Å². The van der Waals surface area contributed by atoms with Crippen LogP contribution in [0.5, 0.6) is 0 Å². The van der Waals surface area contributed by atoms with Gasteiger partial charge in [-0.15, -0.1) is 0 Å². The zero-order chi connectivity index (χ0) is 22.0. The number of hydrogen-bond acceptors (Lipinski definition) is 5. The van der Waals surface area contributed by atoms with Gasteiger partial charge in [-0.3, -0.25) is 4.79 Å². The number of rotatable bonds is 6. The van der Waals surface area contributed by atoms with Crippen molar-refractivity contribution in [2.24, 2.45) is 5.73 Å². The lowest BCUT2D eigenvalue weighted by Crippen LogP contribution is -2.33. The molecule has 5 N–H and O–H groups in total. The molecule has 2 aromatic heterocycles. The summed E-state index contributed by atoms with van der Waals surface area (Å²) < 4.78 is 18.6. The van der Waals surface area contributed by atoms with E-state index in [1.807, 2.05) is 13.0 Å². The Labute approximate surface area is 180 Å². The number of fused-ring (bicyclic) bond motifs is 1. The summed E-state index contributed by atoms with van der Waals surface area (Å²) in [5, 5.41) is 7.25. The molecule has 0 aliphatic heterocycles. The molecular weight excluding hydrogens is 397 g/mol. The van der Waals surface area contributed by atoms with Crippen LogP contribution < -0.4 is 16.4 Å². The monoisotopic (exact) mass is 425 g/mol. The molecule has 1 aromatic carbocycles. The van der Waals surface area contributed by atoms with E-state index in [4.69, 9.17) is 10.5 Å². The van der Waals surface area contributed by atoms with E-state index in [1.54, 1.807) is 13.3 Å². The minimum atomic E-state index is -0.355. The molecule has 1 atom stereocenters. The Morgan fingerprint density at radius 3 is 2.65 bits per heavy atom. The van der Waals surface area contributed by atoms with Crippen molar-refractivity contribution in [2.45, 2.75) is 50.8 Å². The van der Waals surface area contributed by atoms with Crippen molar-refractivity contribution in [1.29, 1.82) is 0 Å². The van der Waals surface area contributed by atoms with Gasteiger partial charge in [0.2, 0.25) is 0 Å². The Hall–Kier alpha value is -2.97.